The molecule has 1 aliphatic rings. The normalized spacial score (nSPS) is 19.8. The van der Waals surface area contributed by atoms with Gasteiger partial charge in [-0.3, -0.25) is 4.90 Å². The van der Waals surface area contributed by atoms with Crippen LogP contribution in [0, 0.1) is 0 Å². The van der Waals surface area contributed by atoms with Gasteiger partial charge in [0.15, 0.2) is 0 Å². The lowest BCUT2D eigenvalue weighted by Gasteiger charge is -2.27. The van der Waals surface area contributed by atoms with E-state index in [9.17, 15) is 9.59 Å². The zero-order valence-electron chi connectivity index (χ0n) is 12.1. The summed E-state index contributed by atoms with van der Waals surface area (Å²) >= 11 is 0. The Hall–Kier alpha value is -1.52. The number of likely N-dealkylation sites (tertiary alicyclic amines) is 1. The number of carbonyl (C=O) groups excluding carboxylic acids is 2. The number of hydrogen-bond donors (Lipinski definition) is 0. The zero-order valence-corrected chi connectivity index (χ0v) is 12.1. The van der Waals surface area contributed by atoms with Gasteiger partial charge in [-0.05, 0) is 40.5 Å². The first-order valence-electron chi connectivity index (χ1n) is 6.62. The fraction of sp³-hybridized carbons (Fsp3) is 0.714. The fourth-order valence-corrected chi connectivity index (χ4v) is 1.87. The van der Waals surface area contributed by atoms with Crippen molar-refractivity contribution in [2.75, 3.05) is 13.2 Å². The summed E-state index contributed by atoms with van der Waals surface area (Å²) < 4.78 is 10.4. The number of esters is 1. The van der Waals surface area contributed by atoms with Gasteiger partial charge >= 0.3 is 12.1 Å². The van der Waals surface area contributed by atoms with Gasteiger partial charge in [0, 0.05) is 6.54 Å². The highest BCUT2D eigenvalue weighted by Gasteiger charge is 2.37. The molecule has 108 valence electrons. The highest BCUT2D eigenvalue weighted by Crippen LogP contribution is 2.21. The third-order valence-electron chi connectivity index (χ3n) is 2.71. The van der Waals surface area contributed by atoms with Gasteiger partial charge in [-0.2, -0.15) is 0 Å². The minimum atomic E-state index is -0.556. The molecule has 0 aromatic heterocycles. The molecule has 0 spiro atoms. The first-order chi connectivity index (χ1) is 8.85. The minimum absolute atomic E-state index is 0.244. The van der Waals surface area contributed by atoms with Crippen molar-refractivity contribution in [2.45, 2.75) is 52.2 Å². The van der Waals surface area contributed by atoms with Gasteiger partial charge < -0.3 is 9.47 Å². The van der Waals surface area contributed by atoms with Crippen LogP contribution in [0.3, 0.4) is 0 Å². The summed E-state index contributed by atoms with van der Waals surface area (Å²) in [5, 5.41) is 0. The lowest BCUT2D eigenvalue weighted by molar-refractivity contribution is -0.147. The highest BCUT2D eigenvalue weighted by atomic mass is 16.6. The Morgan fingerprint density at radius 2 is 2.05 bits per heavy atom. The summed E-state index contributed by atoms with van der Waals surface area (Å²) in [6.07, 6.45) is 4.55. The summed E-state index contributed by atoms with van der Waals surface area (Å²) in [6.45, 7) is 8.06. The molecule has 1 atom stereocenters. The van der Waals surface area contributed by atoms with E-state index >= 15 is 0 Å². The minimum Gasteiger partial charge on any atom is -0.460 e. The second-order valence-electron chi connectivity index (χ2n) is 5.53. The topological polar surface area (TPSA) is 55.8 Å². The maximum atomic E-state index is 12.0. The van der Waals surface area contributed by atoms with E-state index in [-0.39, 0.29) is 12.6 Å². The number of carbonyl (C=O) groups is 2. The van der Waals surface area contributed by atoms with Gasteiger partial charge in [0.2, 0.25) is 0 Å². The fourth-order valence-electron chi connectivity index (χ4n) is 1.87. The third-order valence-corrected chi connectivity index (χ3v) is 2.71. The molecule has 5 nitrogen and oxygen atoms in total. The number of rotatable bonds is 3. The number of amides is 1. The molecule has 1 amide bonds. The largest absolute Gasteiger partial charge is 0.460 e. The average Bonchev–Trinajstić information content (AvgIpc) is 2.75. The quantitative estimate of drug-likeness (QED) is 0.583. The Bertz CT molecular complexity index is 357. The summed E-state index contributed by atoms with van der Waals surface area (Å²) in [6, 6.07) is -0.514. The third kappa shape index (κ3) is 4.93. The van der Waals surface area contributed by atoms with Crippen LogP contribution in [0.25, 0.3) is 0 Å². The second kappa shape index (κ2) is 6.59. The zero-order chi connectivity index (χ0) is 14.5. The van der Waals surface area contributed by atoms with Gasteiger partial charge in [0.25, 0.3) is 0 Å². The van der Waals surface area contributed by atoms with Crippen LogP contribution < -0.4 is 0 Å². The van der Waals surface area contributed by atoms with E-state index in [0.717, 1.165) is 6.42 Å². The van der Waals surface area contributed by atoms with Crippen LogP contribution in [0.4, 0.5) is 4.79 Å². The molecule has 0 unspecified atom stereocenters. The Morgan fingerprint density at radius 3 is 2.63 bits per heavy atom. The van der Waals surface area contributed by atoms with Gasteiger partial charge in [0.05, 0.1) is 0 Å². The van der Waals surface area contributed by atoms with E-state index in [2.05, 4.69) is 0 Å². The molecule has 0 aromatic carbocycles. The van der Waals surface area contributed by atoms with Gasteiger partial charge in [-0.25, -0.2) is 9.59 Å². The molecule has 0 N–H and O–H groups in total. The van der Waals surface area contributed by atoms with Gasteiger partial charge in [0.1, 0.15) is 18.2 Å². The molecule has 19 heavy (non-hydrogen) atoms. The molecule has 1 fully saturated rings. The van der Waals surface area contributed by atoms with Crippen molar-refractivity contribution in [3.63, 3.8) is 0 Å². The summed E-state index contributed by atoms with van der Waals surface area (Å²) in [4.78, 5) is 25.3. The number of ether oxygens (including phenoxy) is 2. The molecule has 0 saturated carbocycles. The van der Waals surface area contributed by atoms with E-state index in [1.54, 1.807) is 26.8 Å². The maximum absolute atomic E-state index is 12.0. The van der Waals surface area contributed by atoms with Gasteiger partial charge in [-0.15, -0.1) is 0 Å². The molecular weight excluding hydrogens is 246 g/mol. The SMILES string of the molecule is CC=CCOC(=O)[C@@H]1CCCN1C(=O)OC(C)(C)C. The lowest BCUT2D eigenvalue weighted by atomic mass is 10.2. The molecule has 1 aliphatic heterocycles. The Labute approximate surface area is 114 Å². The molecule has 5 heteroatoms. The van der Waals surface area contributed by atoms with Crippen LogP contribution in [0.2, 0.25) is 0 Å². The summed E-state index contributed by atoms with van der Waals surface area (Å²) in [5.74, 6) is -0.360. The first kappa shape index (κ1) is 15.5. The van der Waals surface area contributed by atoms with E-state index in [0.29, 0.717) is 13.0 Å². The summed E-state index contributed by atoms with van der Waals surface area (Å²) in [5.41, 5.74) is -0.556. The molecule has 0 aliphatic carbocycles. The molecule has 0 aromatic rings. The van der Waals surface area contributed by atoms with Crippen LogP contribution >= 0.6 is 0 Å². The molecule has 0 radical (unpaired) electrons. The summed E-state index contributed by atoms with van der Waals surface area (Å²) in [7, 11) is 0. The molecule has 1 heterocycles. The van der Waals surface area contributed by atoms with Crippen molar-refractivity contribution >= 4 is 12.1 Å². The van der Waals surface area contributed by atoms with E-state index in [1.165, 1.54) is 4.90 Å². The second-order valence-corrected chi connectivity index (χ2v) is 5.53. The van der Waals surface area contributed by atoms with Crippen molar-refractivity contribution in [3.05, 3.63) is 12.2 Å². The Kier molecular flexibility index (Phi) is 5.39. The van der Waals surface area contributed by atoms with Crippen LogP contribution in [0.15, 0.2) is 12.2 Å². The van der Waals surface area contributed by atoms with Crippen molar-refractivity contribution in [2.24, 2.45) is 0 Å². The molecular formula is C14H23NO4. The predicted molar refractivity (Wildman–Crippen MR) is 71.7 cm³/mol. The van der Waals surface area contributed by atoms with Crippen molar-refractivity contribution in [1.82, 2.24) is 4.90 Å². The molecule has 1 rings (SSSR count). The van der Waals surface area contributed by atoms with Crippen LogP contribution in [0.1, 0.15) is 40.5 Å². The standard InChI is InChI=1S/C14H23NO4/c1-5-6-10-18-12(16)11-8-7-9-15(11)13(17)19-14(2,3)4/h5-6,11H,7-10H2,1-4H3/t11-/m0/s1. The van der Waals surface area contributed by atoms with Crippen LogP contribution in [-0.4, -0.2) is 41.8 Å². The predicted octanol–water partition coefficient (Wildman–Crippen LogP) is 2.51. The smallest absolute Gasteiger partial charge is 0.411 e. The maximum Gasteiger partial charge on any atom is 0.411 e. The van der Waals surface area contributed by atoms with Crippen LogP contribution in [-0.2, 0) is 14.3 Å². The lowest BCUT2D eigenvalue weighted by Crippen LogP contribution is -2.44. The molecule has 0 bridgehead atoms. The Balaban J connectivity index is 2.58. The number of nitrogens with zero attached hydrogens (tertiary/aromatic N) is 1. The number of hydrogen-bond acceptors (Lipinski definition) is 4. The Morgan fingerprint density at radius 1 is 1.37 bits per heavy atom. The van der Waals surface area contributed by atoms with E-state index in [4.69, 9.17) is 9.47 Å². The monoisotopic (exact) mass is 269 g/mol. The van der Waals surface area contributed by atoms with E-state index in [1.807, 2.05) is 13.0 Å². The first-order valence-corrected chi connectivity index (χ1v) is 6.62. The van der Waals surface area contributed by atoms with Crippen molar-refractivity contribution in [3.8, 4) is 0 Å². The van der Waals surface area contributed by atoms with E-state index < -0.39 is 17.7 Å². The number of allylic oxidation sites excluding steroid dienone is 1. The van der Waals surface area contributed by atoms with Crippen molar-refractivity contribution < 1.29 is 19.1 Å². The van der Waals surface area contributed by atoms with Crippen LogP contribution in [0.5, 0.6) is 0 Å². The average molecular weight is 269 g/mol. The highest BCUT2D eigenvalue weighted by molar-refractivity contribution is 5.82. The van der Waals surface area contributed by atoms with Crippen molar-refractivity contribution in [1.29, 1.82) is 0 Å². The molecule has 1 saturated heterocycles. The van der Waals surface area contributed by atoms with Gasteiger partial charge in [-0.1, -0.05) is 12.2 Å².